The smallest absolute Gasteiger partial charge is 0.336 e. The van der Waals surface area contributed by atoms with Gasteiger partial charge in [0, 0.05) is 14.6 Å². The molecule has 0 aromatic heterocycles. The van der Waals surface area contributed by atoms with Gasteiger partial charge in [0.05, 0.1) is 17.1 Å². The van der Waals surface area contributed by atoms with E-state index in [1.165, 1.54) is 17.8 Å². The first-order valence-electron chi connectivity index (χ1n) is 5.27. The third-order valence-electron chi connectivity index (χ3n) is 2.66. The van der Waals surface area contributed by atoms with Gasteiger partial charge < -0.3 is 5.11 Å². The van der Waals surface area contributed by atoms with Gasteiger partial charge in [-0.2, -0.15) is 0 Å². The molecule has 1 aromatic rings. The molecule has 0 radical (unpaired) electrons. The van der Waals surface area contributed by atoms with Crippen LogP contribution in [-0.4, -0.2) is 36.2 Å². The molecule has 0 bridgehead atoms. The second-order valence-electron chi connectivity index (χ2n) is 4.09. The highest BCUT2D eigenvalue weighted by Crippen LogP contribution is 2.34. The molecule has 98 valence electrons. The van der Waals surface area contributed by atoms with Crippen LogP contribution in [0.5, 0.6) is 0 Å². The Kier molecular flexibility index (Phi) is 4.03. The fourth-order valence-corrected chi connectivity index (χ4v) is 5.98. The van der Waals surface area contributed by atoms with Crippen LogP contribution in [0.4, 0.5) is 0 Å². The lowest BCUT2D eigenvalue weighted by Gasteiger charge is -2.10. The molecular formula is C11H11BrO4S2. The minimum atomic E-state index is -2.94. The summed E-state index contributed by atoms with van der Waals surface area (Å²) in [4.78, 5) is 11.7. The molecule has 0 amide bonds. The van der Waals surface area contributed by atoms with Crippen LogP contribution in [0.3, 0.4) is 0 Å². The van der Waals surface area contributed by atoms with Gasteiger partial charge in [0.25, 0.3) is 0 Å². The molecule has 1 saturated heterocycles. The normalized spacial score (nSPS) is 21.9. The molecule has 1 aliphatic rings. The van der Waals surface area contributed by atoms with Gasteiger partial charge >= 0.3 is 5.97 Å². The van der Waals surface area contributed by atoms with Gasteiger partial charge in [-0.1, -0.05) is 15.9 Å². The molecule has 1 unspecified atom stereocenters. The molecule has 1 heterocycles. The zero-order valence-corrected chi connectivity index (χ0v) is 12.5. The number of sulfone groups is 1. The first-order valence-corrected chi connectivity index (χ1v) is 8.77. The van der Waals surface area contributed by atoms with Gasteiger partial charge in [-0.05, 0) is 24.6 Å². The van der Waals surface area contributed by atoms with Crippen LogP contribution in [0.15, 0.2) is 27.6 Å². The highest BCUT2D eigenvalue weighted by atomic mass is 79.9. The number of carbonyl (C=O) groups is 1. The summed E-state index contributed by atoms with van der Waals surface area (Å²) < 4.78 is 23.5. The van der Waals surface area contributed by atoms with Crippen molar-refractivity contribution in [2.75, 3.05) is 11.5 Å². The van der Waals surface area contributed by atoms with E-state index < -0.39 is 15.8 Å². The Hall–Kier alpha value is -0.530. The molecule has 1 aliphatic heterocycles. The minimum Gasteiger partial charge on any atom is -0.478 e. The van der Waals surface area contributed by atoms with Gasteiger partial charge in [-0.25, -0.2) is 13.2 Å². The van der Waals surface area contributed by atoms with Crippen molar-refractivity contribution in [3.8, 4) is 0 Å². The van der Waals surface area contributed by atoms with Gasteiger partial charge in [0.15, 0.2) is 9.84 Å². The summed E-state index contributed by atoms with van der Waals surface area (Å²) in [5, 5.41) is 9.03. The number of carboxylic acid groups (broad SMARTS) is 1. The molecule has 7 heteroatoms. The van der Waals surface area contributed by atoms with E-state index in [1.54, 1.807) is 12.1 Å². The SMILES string of the molecule is O=C(O)c1ccc(Br)cc1SC1CCS(=O)(=O)C1. The molecule has 1 N–H and O–H groups in total. The average Bonchev–Trinajstić information content (AvgIpc) is 2.57. The summed E-state index contributed by atoms with van der Waals surface area (Å²) in [7, 11) is -2.94. The minimum absolute atomic E-state index is 0.0533. The van der Waals surface area contributed by atoms with Gasteiger partial charge in [-0.3, -0.25) is 0 Å². The Morgan fingerprint density at radius 1 is 1.44 bits per heavy atom. The second kappa shape index (κ2) is 5.22. The van der Waals surface area contributed by atoms with E-state index in [0.29, 0.717) is 11.3 Å². The Morgan fingerprint density at radius 3 is 2.72 bits per heavy atom. The van der Waals surface area contributed by atoms with E-state index in [9.17, 15) is 13.2 Å². The third kappa shape index (κ3) is 3.27. The molecule has 1 fully saturated rings. The Balaban J connectivity index is 2.23. The van der Waals surface area contributed by atoms with Crippen molar-refractivity contribution in [3.63, 3.8) is 0 Å². The number of benzene rings is 1. The van der Waals surface area contributed by atoms with Crippen LogP contribution in [0.1, 0.15) is 16.8 Å². The standard InChI is InChI=1S/C11H11BrO4S2/c12-7-1-2-9(11(13)14)10(5-7)17-8-3-4-18(15,16)6-8/h1-2,5,8H,3-4,6H2,(H,13,14). The summed E-state index contributed by atoms with van der Waals surface area (Å²) in [5.41, 5.74) is 0.215. The third-order valence-corrected chi connectivity index (χ3v) is 6.46. The number of aromatic carboxylic acids is 1. The molecule has 0 saturated carbocycles. The summed E-state index contributed by atoms with van der Waals surface area (Å²) in [6.45, 7) is 0. The summed E-state index contributed by atoms with van der Waals surface area (Å²) in [6.07, 6.45) is 0.582. The van der Waals surface area contributed by atoms with Crippen molar-refractivity contribution in [1.82, 2.24) is 0 Å². The van der Waals surface area contributed by atoms with Crippen molar-refractivity contribution in [2.45, 2.75) is 16.6 Å². The van der Waals surface area contributed by atoms with Crippen LogP contribution in [0, 0.1) is 0 Å². The molecule has 18 heavy (non-hydrogen) atoms. The number of carboxylic acids is 1. The monoisotopic (exact) mass is 350 g/mol. The van der Waals surface area contributed by atoms with Crippen LogP contribution in [0.2, 0.25) is 0 Å². The molecule has 4 nitrogen and oxygen atoms in total. The Bertz CT molecular complexity index is 583. The van der Waals surface area contributed by atoms with E-state index in [4.69, 9.17) is 5.11 Å². The summed E-state index contributed by atoms with van der Waals surface area (Å²) >= 11 is 4.63. The summed E-state index contributed by atoms with van der Waals surface area (Å²) in [6, 6.07) is 4.91. The van der Waals surface area contributed by atoms with Crippen molar-refractivity contribution in [3.05, 3.63) is 28.2 Å². The highest BCUT2D eigenvalue weighted by molar-refractivity contribution is 9.10. The van der Waals surface area contributed by atoms with E-state index in [-0.39, 0.29) is 22.3 Å². The van der Waals surface area contributed by atoms with Crippen LogP contribution in [0.25, 0.3) is 0 Å². The lowest BCUT2D eigenvalue weighted by atomic mass is 10.2. The van der Waals surface area contributed by atoms with Crippen molar-refractivity contribution in [1.29, 1.82) is 0 Å². The number of thioether (sulfide) groups is 1. The second-order valence-corrected chi connectivity index (χ2v) is 8.58. The Labute approximate surface area is 118 Å². The molecule has 1 atom stereocenters. The number of halogens is 1. The van der Waals surface area contributed by atoms with Crippen LogP contribution in [-0.2, 0) is 9.84 Å². The van der Waals surface area contributed by atoms with Crippen LogP contribution < -0.4 is 0 Å². The maximum atomic E-state index is 11.4. The predicted octanol–water partition coefficient (Wildman–Crippen LogP) is 2.43. The van der Waals surface area contributed by atoms with E-state index in [1.807, 2.05) is 0 Å². The quantitative estimate of drug-likeness (QED) is 0.906. The number of rotatable bonds is 3. The van der Waals surface area contributed by atoms with Crippen molar-refractivity contribution in [2.24, 2.45) is 0 Å². The fraction of sp³-hybridized carbons (Fsp3) is 0.364. The lowest BCUT2D eigenvalue weighted by molar-refractivity contribution is 0.0693. The lowest BCUT2D eigenvalue weighted by Crippen LogP contribution is -2.07. The number of hydrogen-bond donors (Lipinski definition) is 1. The van der Waals surface area contributed by atoms with E-state index in [0.717, 1.165) is 4.47 Å². The number of hydrogen-bond acceptors (Lipinski definition) is 4. The zero-order valence-electron chi connectivity index (χ0n) is 9.30. The van der Waals surface area contributed by atoms with Gasteiger partial charge in [0.2, 0.25) is 0 Å². The first-order chi connectivity index (χ1) is 8.37. The molecule has 0 spiro atoms. The maximum Gasteiger partial charge on any atom is 0.336 e. The van der Waals surface area contributed by atoms with E-state index >= 15 is 0 Å². The topological polar surface area (TPSA) is 71.4 Å². The highest BCUT2D eigenvalue weighted by Gasteiger charge is 2.29. The molecule has 0 aliphatic carbocycles. The average molecular weight is 351 g/mol. The van der Waals surface area contributed by atoms with Gasteiger partial charge in [0.1, 0.15) is 0 Å². The molecule has 2 rings (SSSR count). The molecule has 1 aromatic carbocycles. The molecular weight excluding hydrogens is 340 g/mol. The fourth-order valence-electron chi connectivity index (χ4n) is 1.80. The largest absolute Gasteiger partial charge is 0.478 e. The van der Waals surface area contributed by atoms with Crippen LogP contribution >= 0.6 is 27.7 Å². The first kappa shape index (κ1) is 13.9. The van der Waals surface area contributed by atoms with Crippen molar-refractivity contribution < 1.29 is 18.3 Å². The van der Waals surface area contributed by atoms with E-state index in [2.05, 4.69) is 15.9 Å². The predicted molar refractivity (Wildman–Crippen MR) is 74.0 cm³/mol. The van der Waals surface area contributed by atoms with Gasteiger partial charge in [-0.15, -0.1) is 11.8 Å². The summed E-state index contributed by atoms with van der Waals surface area (Å²) in [5.74, 6) is -0.671. The zero-order chi connectivity index (χ0) is 13.3. The maximum absolute atomic E-state index is 11.4. The van der Waals surface area contributed by atoms with Crippen molar-refractivity contribution >= 4 is 43.5 Å². The Morgan fingerprint density at radius 2 is 2.17 bits per heavy atom.